The molecule has 1 N–H and O–H groups in total. The van der Waals surface area contributed by atoms with E-state index < -0.39 is 0 Å². The van der Waals surface area contributed by atoms with Crippen LogP contribution in [0.2, 0.25) is 0 Å². The van der Waals surface area contributed by atoms with Gasteiger partial charge in [-0.15, -0.1) is 11.3 Å². The van der Waals surface area contributed by atoms with Gasteiger partial charge in [-0.2, -0.15) is 0 Å². The van der Waals surface area contributed by atoms with E-state index in [1.165, 1.54) is 24.4 Å². The van der Waals surface area contributed by atoms with E-state index >= 15 is 0 Å². The summed E-state index contributed by atoms with van der Waals surface area (Å²) in [6.07, 6.45) is 3.26. The maximum Gasteiger partial charge on any atom is 0.0794 e. The van der Waals surface area contributed by atoms with E-state index in [9.17, 15) is 0 Å². The minimum atomic E-state index is 0.711. The Hall–Kier alpha value is -0.450. The molecular formula is C12H21N3S. The van der Waals surface area contributed by atoms with Crippen LogP contribution in [0.1, 0.15) is 25.1 Å². The number of hydrogen-bond acceptors (Lipinski definition) is 4. The lowest BCUT2D eigenvalue weighted by molar-refractivity contribution is 0.143. The lowest BCUT2D eigenvalue weighted by Crippen LogP contribution is -2.47. The van der Waals surface area contributed by atoms with Crippen molar-refractivity contribution in [1.29, 1.82) is 0 Å². The van der Waals surface area contributed by atoms with Crippen LogP contribution in [0.3, 0.4) is 0 Å². The predicted octanol–water partition coefficient (Wildman–Crippen LogP) is 1.96. The topological polar surface area (TPSA) is 28.2 Å². The number of likely N-dealkylation sites (tertiary alicyclic amines) is 1. The molecular weight excluding hydrogens is 218 g/mol. The molecule has 1 aromatic rings. The van der Waals surface area contributed by atoms with Crippen molar-refractivity contribution in [3.05, 3.63) is 16.6 Å². The Kier molecular flexibility index (Phi) is 4.32. The molecule has 0 aromatic carbocycles. The summed E-state index contributed by atoms with van der Waals surface area (Å²) >= 11 is 1.76. The number of thiazole rings is 1. The zero-order chi connectivity index (χ0) is 11.4. The SMILES string of the molecule is CCNC1CCN(Cc2cncs2)CC1C. The average Bonchev–Trinajstić information content (AvgIpc) is 2.75. The van der Waals surface area contributed by atoms with Crippen LogP contribution in [0.15, 0.2) is 11.7 Å². The second-order valence-corrected chi connectivity index (χ2v) is 5.60. The maximum absolute atomic E-state index is 4.13. The van der Waals surface area contributed by atoms with Crippen molar-refractivity contribution in [2.24, 2.45) is 5.92 Å². The third kappa shape index (κ3) is 3.03. The van der Waals surface area contributed by atoms with E-state index in [0.717, 1.165) is 19.0 Å². The summed E-state index contributed by atoms with van der Waals surface area (Å²) in [5, 5.41) is 3.58. The van der Waals surface area contributed by atoms with E-state index in [-0.39, 0.29) is 0 Å². The quantitative estimate of drug-likeness (QED) is 0.870. The largest absolute Gasteiger partial charge is 0.314 e. The summed E-state index contributed by atoms with van der Waals surface area (Å²) in [5.41, 5.74) is 1.92. The Morgan fingerprint density at radius 1 is 1.62 bits per heavy atom. The van der Waals surface area contributed by atoms with Crippen LogP contribution in [0, 0.1) is 5.92 Å². The lowest BCUT2D eigenvalue weighted by atomic mass is 9.94. The smallest absolute Gasteiger partial charge is 0.0794 e. The highest BCUT2D eigenvalue weighted by Gasteiger charge is 2.25. The van der Waals surface area contributed by atoms with Crippen molar-refractivity contribution in [1.82, 2.24) is 15.2 Å². The van der Waals surface area contributed by atoms with Crippen LogP contribution in [-0.2, 0) is 6.54 Å². The molecule has 1 fully saturated rings. The van der Waals surface area contributed by atoms with E-state index in [4.69, 9.17) is 0 Å². The van der Waals surface area contributed by atoms with Gasteiger partial charge in [-0.05, 0) is 18.9 Å². The third-order valence-electron chi connectivity index (χ3n) is 3.32. The number of rotatable bonds is 4. The first-order valence-electron chi connectivity index (χ1n) is 6.12. The van der Waals surface area contributed by atoms with Crippen molar-refractivity contribution in [2.45, 2.75) is 32.9 Å². The Labute approximate surface area is 102 Å². The third-order valence-corrected chi connectivity index (χ3v) is 4.08. The molecule has 2 heterocycles. The summed E-state index contributed by atoms with van der Waals surface area (Å²) in [6.45, 7) is 9.12. The number of nitrogens with zero attached hydrogens (tertiary/aromatic N) is 2. The molecule has 0 bridgehead atoms. The Balaban J connectivity index is 1.82. The number of hydrogen-bond donors (Lipinski definition) is 1. The van der Waals surface area contributed by atoms with Gasteiger partial charge in [0.25, 0.3) is 0 Å². The van der Waals surface area contributed by atoms with E-state index in [2.05, 4.69) is 29.0 Å². The summed E-state index contributed by atoms with van der Waals surface area (Å²) in [5.74, 6) is 0.752. The highest BCUT2D eigenvalue weighted by molar-refractivity contribution is 7.09. The predicted molar refractivity (Wildman–Crippen MR) is 68.6 cm³/mol. The summed E-state index contributed by atoms with van der Waals surface area (Å²) in [7, 11) is 0. The maximum atomic E-state index is 4.13. The molecule has 1 aromatic heterocycles. The minimum absolute atomic E-state index is 0.711. The van der Waals surface area contributed by atoms with Gasteiger partial charge in [0.1, 0.15) is 0 Å². The van der Waals surface area contributed by atoms with Crippen LogP contribution in [0.4, 0.5) is 0 Å². The average molecular weight is 239 g/mol. The monoisotopic (exact) mass is 239 g/mol. The van der Waals surface area contributed by atoms with E-state index in [0.29, 0.717) is 6.04 Å². The normalized spacial score (nSPS) is 27.1. The first-order chi connectivity index (χ1) is 7.79. The number of nitrogens with one attached hydrogen (secondary N) is 1. The van der Waals surface area contributed by atoms with Gasteiger partial charge in [0.15, 0.2) is 0 Å². The fourth-order valence-electron chi connectivity index (χ4n) is 2.48. The van der Waals surface area contributed by atoms with Crippen LogP contribution >= 0.6 is 11.3 Å². The van der Waals surface area contributed by atoms with Gasteiger partial charge in [0.2, 0.25) is 0 Å². The molecule has 2 atom stereocenters. The zero-order valence-corrected chi connectivity index (χ0v) is 11.0. The van der Waals surface area contributed by atoms with Gasteiger partial charge in [0, 0.05) is 36.8 Å². The van der Waals surface area contributed by atoms with Crippen LogP contribution in [0.5, 0.6) is 0 Å². The van der Waals surface area contributed by atoms with Crippen molar-refractivity contribution in [2.75, 3.05) is 19.6 Å². The van der Waals surface area contributed by atoms with Gasteiger partial charge in [-0.3, -0.25) is 9.88 Å². The number of aromatic nitrogens is 1. The molecule has 1 saturated heterocycles. The number of piperidine rings is 1. The molecule has 0 aliphatic carbocycles. The standard InChI is InChI=1S/C12H21N3S/c1-3-14-12-4-5-15(7-10(12)2)8-11-6-13-9-16-11/h6,9-10,12,14H,3-5,7-8H2,1-2H3. The molecule has 1 aliphatic heterocycles. The first kappa shape index (κ1) is 12.0. The van der Waals surface area contributed by atoms with Gasteiger partial charge < -0.3 is 5.32 Å². The second kappa shape index (κ2) is 5.75. The molecule has 0 saturated carbocycles. The molecule has 90 valence electrons. The molecule has 0 spiro atoms. The summed E-state index contributed by atoms with van der Waals surface area (Å²) in [6, 6.07) is 0.711. The van der Waals surface area contributed by atoms with Crippen molar-refractivity contribution in [3.63, 3.8) is 0 Å². The second-order valence-electron chi connectivity index (χ2n) is 4.63. The van der Waals surface area contributed by atoms with Gasteiger partial charge >= 0.3 is 0 Å². The highest BCUT2D eigenvalue weighted by Crippen LogP contribution is 2.19. The molecule has 2 unspecified atom stereocenters. The molecule has 0 amide bonds. The molecule has 2 rings (SSSR count). The highest BCUT2D eigenvalue weighted by atomic mass is 32.1. The van der Waals surface area contributed by atoms with Crippen molar-refractivity contribution in [3.8, 4) is 0 Å². The van der Waals surface area contributed by atoms with Crippen LogP contribution in [-0.4, -0.2) is 35.6 Å². The Morgan fingerprint density at radius 2 is 2.50 bits per heavy atom. The minimum Gasteiger partial charge on any atom is -0.314 e. The summed E-state index contributed by atoms with van der Waals surface area (Å²) < 4.78 is 0. The van der Waals surface area contributed by atoms with E-state index in [1.54, 1.807) is 11.3 Å². The van der Waals surface area contributed by atoms with Gasteiger partial charge in [0.05, 0.1) is 5.51 Å². The van der Waals surface area contributed by atoms with Crippen LogP contribution in [0.25, 0.3) is 0 Å². The first-order valence-corrected chi connectivity index (χ1v) is 7.00. The molecule has 16 heavy (non-hydrogen) atoms. The Morgan fingerprint density at radius 3 is 3.12 bits per heavy atom. The zero-order valence-electron chi connectivity index (χ0n) is 10.1. The van der Waals surface area contributed by atoms with Gasteiger partial charge in [-0.1, -0.05) is 13.8 Å². The fourth-order valence-corrected chi connectivity index (χ4v) is 3.12. The van der Waals surface area contributed by atoms with Gasteiger partial charge in [-0.25, -0.2) is 0 Å². The van der Waals surface area contributed by atoms with Crippen LogP contribution < -0.4 is 5.32 Å². The molecule has 0 radical (unpaired) electrons. The molecule has 1 aliphatic rings. The fraction of sp³-hybridized carbons (Fsp3) is 0.750. The lowest BCUT2D eigenvalue weighted by Gasteiger charge is -2.37. The van der Waals surface area contributed by atoms with Crippen molar-refractivity contribution < 1.29 is 0 Å². The molecule has 3 nitrogen and oxygen atoms in total. The summed E-state index contributed by atoms with van der Waals surface area (Å²) in [4.78, 5) is 8.06. The van der Waals surface area contributed by atoms with Crippen molar-refractivity contribution >= 4 is 11.3 Å². The Bertz CT molecular complexity index is 299. The molecule has 4 heteroatoms. The van der Waals surface area contributed by atoms with E-state index in [1.807, 2.05) is 11.7 Å².